The molecule has 132 valence electrons. The molecule has 0 spiro atoms. The summed E-state index contributed by atoms with van der Waals surface area (Å²) < 4.78 is 4.88. The van der Waals surface area contributed by atoms with Crippen molar-refractivity contribution in [2.24, 2.45) is 0 Å². The number of ether oxygens (including phenoxy) is 1. The van der Waals surface area contributed by atoms with E-state index in [1.54, 1.807) is 13.0 Å². The smallest absolute Gasteiger partial charge is 0.411 e. The standard InChI is InChI=1S/C20H25N3O2/c1-4-11-23(14-16-8-6-7-15(3)12-16)17-9-10-19(18(21)13-17)22-20(24)25-5-2/h4,6-10,12-13H,1,5,11,14,21H2,2-3H3,(H,22,24). The maximum Gasteiger partial charge on any atom is 0.411 e. The molecule has 5 heteroatoms. The van der Waals surface area contributed by atoms with Crippen LogP contribution in [0, 0.1) is 6.92 Å². The molecule has 2 aromatic carbocycles. The van der Waals surface area contributed by atoms with Crippen LogP contribution >= 0.6 is 0 Å². The monoisotopic (exact) mass is 339 g/mol. The average Bonchev–Trinajstić information content (AvgIpc) is 2.56. The van der Waals surface area contributed by atoms with Crippen molar-refractivity contribution in [3.05, 3.63) is 66.2 Å². The van der Waals surface area contributed by atoms with E-state index in [1.807, 2.05) is 18.2 Å². The Morgan fingerprint density at radius 3 is 2.76 bits per heavy atom. The molecular weight excluding hydrogens is 314 g/mol. The Balaban J connectivity index is 2.19. The minimum absolute atomic E-state index is 0.313. The molecule has 0 saturated carbocycles. The van der Waals surface area contributed by atoms with Crippen LogP contribution in [0.4, 0.5) is 21.9 Å². The van der Waals surface area contributed by atoms with Crippen LogP contribution in [-0.4, -0.2) is 19.2 Å². The number of nitrogens with one attached hydrogen (secondary N) is 1. The first-order chi connectivity index (χ1) is 12.0. The summed E-state index contributed by atoms with van der Waals surface area (Å²) in [6, 6.07) is 14.0. The van der Waals surface area contributed by atoms with Crippen LogP contribution in [0.2, 0.25) is 0 Å². The SMILES string of the molecule is C=CCN(Cc1cccc(C)c1)c1ccc(NC(=O)OCC)c(N)c1. The minimum Gasteiger partial charge on any atom is -0.450 e. The molecule has 0 saturated heterocycles. The van der Waals surface area contributed by atoms with E-state index in [9.17, 15) is 4.79 Å². The minimum atomic E-state index is -0.510. The zero-order valence-electron chi connectivity index (χ0n) is 14.8. The van der Waals surface area contributed by atoms with E-state index >= 15 is 0 Å². The van der Waals surface area contributed by atoms with E-state index in [4.69, 9.17) is 10.5 Å². The van der Waals surface area contributed by atoms with Crippen LogP contribution in [-0.2, 0) is 11.3 Å². The Labute approximate surface area is 149 Å². The molecule has 0 unspecified atom stereocenters. The summed E-state index contributed by atoms with van der Waals surface area (Å²) in [5.41, 5.74) is 10.5. The number of nitrogen functional groups attached to an aromatic ring is 1. The van der Waals surface area contributed by atoms with E-state index in [2.05, 4.69) is 48.0 Å². The Bertz CT molecular complexity index is 743. The quantitative estimate of drug-likeness (QED) is 0.582. The first kappa shape index (κ1) is 18.4. The summed E-state index contributed by atoms with van der Waals surface area (Å²) in [5.74, 6) is 0. The van der Waals surface area contributed by atoms with Crippen molar-refractivity contribution in [2.45, 2.75) is 20.4 Å². The molecule has 0 aliphatic heterocycles. The fraction of sp³-hybridized carbons (Fsp3) is 0.250. The Kier molecular flexibility index (Phi) is 6.46. The topological polar surface area (TPSA) is 67.6 Å². The van der Waals surface area contributed by atoms with Gasteiger partial charge in [0.2, 0.25) is 0 Å². The van der Waals surface area contributed by atoms with Gasteiger partial charge in [0.1, 0.15) is 0 Å². The van der Waals surface area contributed by atoms with Crippen LogP contribution in [0.5, 0.6) is 0 Å². The lowest BCUT2D eigenvalue weighted by Gasteiger charge is -2.24. The van der Waals surface area contributed by atoms with E-state index in [1.165, 1.54) is 11.1 Å². The predicted molar refractivity (Wildman–Crippen MR) is 104 cm³/mol. The number of benzene rings is 2. The van der Waals surface area contributed by atoms with Gasteiger partial charge in [-0.3, -0.25) is 5.32 Å². The highest BCUT2D eigenvalue weighted by Gasteiger charge is 2.10. The maximum atomic E-state index is 11.5. The van der Waals surface area contributed by atoms with E-state index < -0.39 is 6.09 Å². The molecule has 1 amide bonds. The Morgan fingerprint density at radius 2 is 2.12 bits per heavy atom. The van der Waals surface area contributed by atoms with Gasteiger partial charge in [0.25, 0.3) is 0 Å². The van der Waals surface area contributed by atoms with Crippen LogP contribution < -0.4 is 16.0 Å². The Hall–Kier alpha value is -2.95. The van der Waals surface area contributed by atoms with Gasteiger partial charge in [-0.05, 0) is 37.6 Å². The Morgan fingerprint density at radius 1 is 1.32 bits per heavy atom. The number of rotatable bonds is 7. The molecular formula is C20H25N3O2. The summed E-state index contributed by atoms with van der Waals surface area (Å²) in [6.45, 7) is 9.42. The van der Waals surface area contributed by atoms with Gasteiger partial charge in [-0.25, -0.2) is 4.79 Å². The zero-order chi connectivity index (χ0) is 18.2. The molecule has 0 aromatic heterocycles. The highest BCUT2D eigenvalue weighted by atomic mass is 16.5. The molecule has 0 fully saturated rings. The van der Waals surface area contributed by atoms with Crippen molar-refractivity contribution in [3.8, 4) is 0 Å². The molecule has 0 aliphatic rings. The molecule has 3 N–H and O–H groups in total. The lowest BCUT2D eigenvalue weighted by atomic mass is 10.1. The van der Waals surface area contributed by atoms with Crippen LogP contribution in [0.1, 0.15) is 18.1 Å². The van der Waals surface area contributed by atoms with Crippen molar-refractivity contribution in [1.82, 2.24) is 0 Å². The molecule has 2 rings (SSSR count). The summed E-state index contributed by atoms with van der Waals surface area (Å²) in [6.07, 6.45) is 1.35. The summed E-state index contributed by atoms with van der Waals surface area (Å²) in [4.78, 5) is 13.7. The number of carbonyl (C=O) groups excluding carboxylic acids is 1. The third-order valence-electron chi connectivity index (χ3n) is 3.72. The van der Waals surface area contributed by atoms with Crippen LogP contribution in [0.3, 0.4) is 0 Å². The van der Waals surface area contributed by atoms with Gasteiger partial charge >= 0.3 is 6.09 Å². The maximum absolute atomic E-state index is 11.5. The van der Waals surface area contributed by atoms with Gasteiger partial charge in [-0.15, -0.1) is 6.58 Å². The highest BCUT2D eigenvalue weighted by molar-refractivity contribution is 5.89. The fourth-order valence-electron chi connectivity index (χ4n) is 2.59. The third kappa shape index (κ3) is 5.28. The normalized spacial score (nSPS) is 10.2. The molecule has 25 heavy (non-hydrogen) atoms. The number of amides is 1. The number of aryl methyl sites for hydroxylation is 1. The largest absolute Gasteiger partial charge is 0.450 e. The molecule has 0 heterocycles. The number of hydrogen-bond acceptors (Lipinski definition) is 4. The van der Waals surface area contributed by atoms with E-state index in [0.717, 1.165) is 12.2 Å². The van der Waals surface area contributed by atoms with Gasteiger partial charge in [0.15, 0.2) is 0 Å². The molecule has 0 aliphatic carbocycles. The van der Waals surface area contributed by atoms with Gasteiger partial charge in [-0.1, -0.05) is 35.9 Å². The van der Waals surface area contributed by atoms with E-state index in [0.29, 0.717) is 24.5 Å². The van der Waals surface area contributed by atoms with E-state index in [-0.39, 0.29) is 0 Å². The van der Waals surface area contributed by atoms with Gasteiger partial charge in [0.05, 0.1) is 18.0 Å². The van der Waals surface area contributed by atoms with Crippen LogP contribution in [0.15, 0.2) is 55.1 Å². The van der Waals surface area contributed by atoms with Crippen molar-refractivity contribution < 1.29 is 9.53 Å². The van der Waals surface area contributed by atoms with Crippen molar-refractivity contribution >= 4 is 23.2 Å². The van der Waals surface area contributed by atoms with Gasteiger partial charge in [0, 0.05) is 18.8 Å². The number of hydrogen-bond donors (Lipinski definition) is 2. The molecule has 5 nitrogen and oxygen atoms in total. The first-order valence-corrected chi connectivity index (χ1v) is 8.28. The molecule has 0 bridgehead atoms. The fourth-order valence-corrected chi connectivity index (χ4v) is 2.59. The molecule has 0 radical (unpaired) electrons. The lowest BCUT2D eigenvalue weighted by molar-refractivity contribution is 0.168. The number of nitrogens with zero attached hydrogens (tertiary/aromatic N) is 1. The number of nitrogens with two attached hydrogens (primary N) is 1. The summed E-state index contributed by atoms with van der Waals surface area (Å²) in [7, 11) is 0. The van der Waals surface area contributed by atoms with Crippen molar-refractivity contribution in [2.75, 3.05) is 29.1 Å². The second kappa shape index (κ2) is 8.78. The van der Waals surface area contributed by atoms with Crippen LogP contribution in [0.25, 0.3) is 0 Å². The molecule has 0 atom stereocenters. The second-order valence-corrected chi connectivity index (χ2v) is 5.78. The number of anilines is 3. The first-order valence-electron chi connectivity index (χ1n) is 8.28. The molecule has 2 aromatic rings. The van der Waals surface area contributed by atoms with Crippen molar-refractivity contribution in [3.63, 3.8) is 0 Å². The van der Waals surface area contributed by atoms with Gasteiger partial charge in [-0.2, -0.15) is 0 Å². The predicted octanol–water partition coefficient (Wildman–Crippen LogP) is 4.34. The summed E-state index contributed by atoms with van der Waals surface area (Å²) in [5, 5.41) is 2.64. The van der Waals surface area contributed by atoms with Crippen molar-refractivity contribution in [1.29, 1.82) is 0 Å². The number of carbonyl (C=O) groups is 1. The van der Waals surface area contributed by atoms with Gasteiger partial charge < -0.3 is 15.4 Å². The third-order valence-corrected chi connectivity index (χ3v) is 3.72. The summed E-state index contributed by atoms with van der Waals surface area (Å²) >= 11 is 0. The average molecular weight is 339 g/mol. The zero-order valence-corrected chi connectivity index (χ0v) is 14.8. The second-order valence-electron chi connectivity index (χ2n) is 5.78. The highest BCUT2D eigenvalue weighted by Crippen LogP contribution is 2.26. The lowest BCUT2D eigenvalue weighted by Crippen LogP contribution is -2.23.